The number of hydrogen-bond donors (Lipinski definition) is 1. The zero-order valence-corrected chi connectivity index (χ0v) is 11.6. The third kappa shape index (κ3) is 2.74. The summed E-state index contributed by atoms with van der Waals surface area (Å²) < 4.78 is 5.09. The van der Waals surface area contributed by atoms with Gasteiger partial charge < -0.3 is 14.7 Å². The van der Waals surface area contributed by atoms with Crippen LogP contribution in [-0.2, 0) is 4.79 Å². The number of carbonyl (C=O) groups excluding carboxylic acids is 1. The van der Waals surface area contributed by atoms with Crippen LogP contribution in [0.3, 0.4) is 0 Å². The Balaban J connectivity index is 2.24. The second-order valence-corrected chi connectivity index (χ2v) is 4.98. The Hall–Kier alpha value is -2.11. The summed E-state index contributed by atoms with van der Waals surface area (Å²) in [6, 6.07) is 3.33. The van der Waals surface area contributed by atoms with Gasteiger partial charge in [0.15, 0.2) is 0 Å². The van der Waals surface area contributed by atoms with Crippen LogP contribution in [0.25, 0.3) is 0 Å². The van der Waals surface area contributed by atoms with Crippen LogP contribution in [0.1, 0.15) is 30.1 Å². The second kappa shape index (κ2) is 5.90. The fourth-order valence-electron chi connectivity index (χ4n) is 2.46. The minimum atomic E-state index is -0.854. The van der Waals surface area contributed by atoms with Crippen LogP contribution >= 0.6 is 0 Å². The molecule has 20 heavy (non-hydrogen) atoms. The normalized spacial score (nSPS) is 22.4. The number of aliphatic carboxylic acids is 1. The Morgan fingerprint density at radius 2 is 2.20 bits per heavy atom. The van der Waals surface area contributed by atoms with Crippen LogP contribution in [0.4, 0.5) is 0 Å². The number of hydrogen-bond acceptors (Lipinski definition) is 4. The van der Waals surface area contributed by atoms with Crippen LogP contribution in [0.2, 0.25) is 0 Å². The second-order valence-electron chi connectivity index (χ2n) is 4.98. The molecule has 1 aliphatic heterocycles. The summed E-state index contributed by atoms with van der Waals surface area (Å²) in [5, 5.41) is 9.12. The number of carboxylic acid groups (broad SMARTS) is 1. The van der Waals surface area contributed by atoms with Gasteiger partial charge >= 0.3 is 5.97 Å². The minimum Gasteiger partial charge on any atom is -0.481 e. The van der Waals surface area contributed by atoms with Gasteiger partial charge in [0.25, 0.3) is 5.91 Å². The van der Waals surface area contributed by atoms with Crippen molar-refractivity contribution in [2.45, 2.75) is 25.8 Å². The zero-order valence-electron chi connectivity index (χ0n) is 11.6. The molecule has 0 saturated carbocycles. The van der Waals surface area contributed by atoms with Crippen LogP contribution < -0.4 is 4.74 Å². The SMILES string of the molecule is COc1ncccc1C(=O)N1CC(C(=O)O)CCC1C. The predicted molar refractivity (Wildman–Crippen MR) is 71.6 cm³/mol. The topological polar surface area (TPSA) is 79.7 Å². The Labute approximate surface area is 117 Å². The molecule has 2 heterocycles. The number of amides is 1. The average Bonchev–Trinajstić information content (AvgIpc) is 2.46. The number of carbonyl (C=O) groups is 2. The van der Waals surface area contributed by atoms with Crippen molar-refractivity contribution < 1.29 is 19.4 Å². The number of aromatic nitrogens is 1. The minimum absolute atomic E-state index is 0.0167. The highest BCUT2D eigenvalue weighted by molar-refractivity contribution is 5.96. The van der Waals surface area contributed by atoms with E-state index in [1.807, 2.05) is 6.92 Å². The van der Waals surface area contributed by atoms with Crippen molar-refractivity contribution in [1.82, 2.24) is 9.88 Å². The molecule has 0 bridgehead atoms. The molecular weight excluding hydrogens is 260 g/mol. The summed E-state index contributed by atoms with van der Waals surface area (Å²) in [6.45, 7) is 2.16. The molecule has 1 N–H and O–H groups in total. The molecule has 1 aliphatic rings. The van der Waals surface area contributed by atoms with Crippen LogP contribution in [0, 0.1) is 5.92 Å². The molecular formula is C14H18N2O4. The van der Waals surface area contributed by atoms with Gasteiger partial charge in [0.05, 0.1) is 13.0 Å². The van der Waals surface area contributed by atoms with Gasteiger partial charge in [-0.2, -0.15) is 0 Å². The smallest absolute Gasteiger partial charge is 0.308 e. The predicted octanol–water partition coefficient (Wildman–Crippen LogP) is 1.42. The number of nitrogens with zero attached hydrogens (tertiary/aromatic N) is 2. The molecule has 108 valence electrons. The van der Waals surface area contributed by atoms with Gasteiger partial charge in [-0.3, -0.25) is 9.59 Å². The molecule has 1 amide bonds. The van der Waals surface area contributed by atoms with Gasteiger partial charge in [0, 0.05) is 18.8 Å². The molecule has 2 atom stereocenters. The Kier molecular flexibility index (Phi) is 4.22. The van der Waals surface area contributed by atoms with Gasteiger partial charge in [-0.1, -0.05) is 0 Å². The molecule has 2 unspecified atom stereocenters. The fourth-order valence-corrected chi connectivity index (χ4v) is 2.46. The van der Waals surface area contributed by atoms with E-state index in [2.05, 4.69) is 4.98 Å². The van der Waals surface area contributed by atoms with E-state index in [4.69, 9.17) is 9.84 Å². The lowest BCUT2D eigenvalue weighted by molar-refractivity contribution is -0.143. The number of ether oxygens (including phenoxy) is 1. The molecule has 0 radical (unpaired) electrons. The molecule has 2 rings (SSSR count). The monoisotopic (exact) mass is 278 g/mol. The molecule has 0 aliphatic carbocycles. The maximum atomic E-state index is 12.6. The summed E-state index contributed by atoms with van der Waals surface area (Å²) >= 11 is 0. The first-order valence-electron chi connectivity index (χ1n) is 6.57. The third-order valence-electron chi connectivity index (χ3n) is 3.69. The van der Waals surface area contributed by atoms with Crippen LogP contribution in [-0.4, -0.2) is 46.6 Å². The highest BCUT2D eigenvalue weighted by atomic mass is 16.5. The van der Waals surface area contributed by atoms with Gasteiger partial charge in [-0.05, 0) is 31.9 Å². The summed E-state index contributed by atoms with van der Waals surface area (Å²) in [5.74, 6) is -1.32. The Bertz CT molecular complexity index is 518. The number of piperidine rings is 1. The molecule has 0 spiro atoms. The maximum Gasteiger partial charge on any atom is 0.308 e. The number of pyridine rings is 1. The molecule has 1 aromatic heterocycles. The number of methoxy groups -OCH3 is 1. The van der Waals surface area contributed by atoms with Crippen LogP contribution in [0.5, 0.6) is 5.88 Å². The maximum absolute atomic E-state index is 12.6. The van der Waals surface area contributed by atoms with E-state index in [-0.39, 0.29) is 24.4 Å². The average molecular weight is 278 g/mol. The number of carboxylic acids is 1. The summed E-state index contributed by atoms with van der Waals surface area (Å²) in [4.78, 5) is 29.3. The quantitative estimate of drug-likeness (QED) is 0.904. The lowest BCUT2D eigenvalue weighted by Gasteiger charge is -2.36. The standard InChI is InChI=1S/C14H18N2O4/c1-9-5-6-10(14(18)19)8-16(9)13(17)11-4-3-7-15-12(11)20-2/h3-4,7,9-10H,5-6,8H2,1-2H3,(H,18,19). The van der Waals surface area contributed by atoms with E-state index < -0.39 is 11.9 Å². The lowest BCUT2D eigenvalue weighted by Crippen LogP contribution is -2.47. The van der Waals surface area contributed by atoms with Gasteiger partial charge in [-0.25, -0.2) is 4.98 Å². The van der Waals surface area contributed by atoms with Crippen molar-refractivity contribution in [1.29, 1.82) is 0 Å². The molecule has 1 saturated heterocycles. The number of likely N-dealkylation sites (tertiary alicyclic amines) is 1. The van der Waals surface area contributed by atoms with E-state index in [0.29, 0.717) is 18.4 Å². The van der Waals surface area contributed by atoms with Crippen molar-refractivity contribution in [2.24, 2.45) is 5.92 Å². The van der Waals surface area contributed by atoms with Gasteiger partial charge in [0.2, 0.25) is 5.88 Å². The summed E-state index contributed by atoms with van der Waals surface area (Å²) in [5.41, 5.74) is 0.368. The summed E-state index contributed by atoms with van der Waals surface area (Å²) in [7, 11) is 1.46. The summed E-state index contributed by atoms with van der Waals surface area (Å²) in [6.07, 6.45) is 2.84. The first-order valence-corrected chi connectivity index (χ1v) is 6.57. The fraction of sp³-hybridized carbons (Fsp3) is 0.500. The molecule has 6 heteroatoms. The Morgan fingerprint density at radius 3 is 2.85 bits per heavy atom. The van der Waals surface area contributed by atoms with Crippen molar-refractivity contribution in [3.8, 4) is 5.88 Å². The van der Waals surface area contributed by atoms with E-state index in [9.17, 15) is 9.59 Å². The number of rotatable bonds is 3. The van der Waals surface area contributed by atoms with Crippen molar-refractivity contribution in [2.75, 3.05) is 13.7 Å². The first-order chi connectivity index (χ1) is 9.54. The van der Waals surface area contributed by atoms with E-state index in [1.165, 1.54) is 7.11 Å². The van der Waals surface area contributed by atoms with Gasteiger partial charge in [-0.15, -0.1) is 0 Å². The van der Waals surface area contributed by atoms with E-state index in [0.717, 1.165) is 0 Å². The highest BCUT2D eigenvalue weighted by Crippen LogP contribution is 2.26. The zero-order chi connectivity index (χ0) is 14.7. The third-order valence-corrected chi connectivity index (χ3v) is 3.69. The highest BCUT2D eigenvalue weighted by Gasteiger charge is 2.33. The van der Waals surface area contributed by atoms with E-state index >= 15 is 0 Å². The van der Waals surface area contributed by atoms with Crippen molar-refractivity contribution >= 4 is 11.9 Å². The van der Waals surface area contributed by atoms with E-state index in [1.54, 1.807) is 23.2 Å². The first kappa shape index (κ1) is 14.3. The molecule has 1 fully saturated rings. The lowest BCUT2D eigenvalue weighted by atomic mass is 9.93. The Morgan fingerprint density at radius 1 is 1.45 bits per heavy atom. The van der Waals surface area contributed by atoms with Crippen LogP contribution in [0.15, 0.2) is 18.3 Å². The largest absolute Gasteiger partial charge is 0.481 e. The van der Waals surface area contributed by atoms with Gasteiger partial charge in [0.1, 0.15) is 5.56 Å². The molecule has 1 aromatic rings. The van der Waals surface area contributed by atoms with Crippen molar-refractivity contribution in [3.63, 3.8) is 0 Å². The molecule has 0 aromatic carbocycles. The van der Waals surface area contributed by atoms with Crippen molar-refractivity contribution in [3.05, 3.63) is 23.9 Å². The molecule has 6 nitrogen and oxygen atoms in total.